The van der Waals surface area contributed by atoms with Crippen LogP contribution in [-0.2, 0) is 0 Å². The number of nitrogens with one attached hydrogen (secondary N) is 1. The molecule has 1 aliphatic heterocycles. The van der Waals surface area contributed by atoms with Gasteiger partial charge in [0.15, 0.2) is 5.13 Å². The Kier molecular flexibility index (Phi) is 4.22. The number of benzene rings is 1. The minimum atomic E-state index is 0.884. The molecule has 1 fully saturated rings. The molecule has 0 atom stereocenters. The highest BCUT2D eigenvalue weighted by atomic mass is 32.1. The number of hydrogen-bond donors (Lipinski definition) is 1. The van der Waals surface area contributed by atoms with Crippen LogP contribution in [0.25, 0.3) is 10.2 Å². The van der Waals surface area contributed by atoms with Crippen molar-refractivity contribution in [3.8, 4) is 0 Å². The molecule has 0 bridgehead atoms. The Morgan fingerprint density at radius 3 is 2.90 bits per heavy atom. The van der Waals surface area contributed by atoms with Crippen molar-refractivity contribution in [2.24, 2.45) is 5.92 Å². The molecule has 0 aliphatic carbocycles. The summed E-state index contributed by atoms with van der Waals surface area (Å²) in [5.41, 5.74) is 2.42. The monoisotopic (exact) mass is 289 g/mol. The van der Waals surface area contributed by atoms with Crippen LogP contribution >= 0.6 is 11.3 Å². The van der Waals surface area contributed by atoms with E-state index in [9.17, 15) is 0 Å². The maximum absolute atomic E-state index is 4.71. The molecular formula is C16H23N3S. The van der Waals surface area contributed by atoms with Crippen LogP contribution in [0.4, 0.5) is 5.13 Å². The smallest absolute Gasteiger partial charge is 0.183 e. The molecule has 3 rings (SSSR count). The van der Waals surface area contributed by atoms with Crippen LogP contribution in [0.1, 0.15) is 24.8 Å². The van der Waals surface area contributed by atoms with E-state index in [1.54, 1.807) is 11.3 Å². The van der Waals surface area contributed by atoms with E-state index in [2.05, 4.69) is 42.4 Å². The highest BCUT2D eigenvalue weighted by Gasteiger charge is 2.16. The van der Waals surface area contributed by atoms with Crippen molar-refractivity contribution >= 4 is 26.7 Å². The molecule has 1 aromatic heterocycles. The van der Waals surface area contributed by atoms with E-state index in [0.717, 1.165) is 23.1 Å². The number of para-hydroxylation sites is 1. The molecule has 0 amide bonds. The summed E-state index contributed by atoms with van der Waals surface area (Å²) in [6.45, 7) is 5.69. The fourth-order valence-electron chi connectivity index (χ4n) is 2.90. The number of hydrogen-bond acceptors (Lipinski definition) is 4. The number of piperidine rings is 1. The first kappa shape index (κ1) is 13.8. The molecule has 2 heterocycles. The van der Waals surface area contributed by atoms with Gasteiger partial charge in [0.2, 0.25) is 0 Å². The van der Waals surface area contributed by atoms with Gasteiger partial charge in [0.1, 0.15) is 0 Å². The number of aryl methyl sites for hydroxylation is 1. The Morgan fingerprint density at radius 1 is 1.35 bits per heavy atom. The van der Waals surface area contributed by atoms with Crippen LogP contribution in [0.2, 0.25) is 0 Å². The lowest BCUT2D eigenvalue weighted by Crippen LogP contribution is -2.30. The van der Waals surface area contributed by atoms with E-state index in [-0.39, 0.29) is 0 Å². The molecule has 1 saturated heterocycles. The molecule has 0 spiro atoms. The molecule has 1 aromatic carbocycles. The van der Waals surface area contributed by atoms with Crippen LogP contribution < -0.4 is 5.32 Å². The molecule has 1 aliphatic rings. The summed E-state index contributed by atoms with van der Waals surface area (Å²) in [6.07, 6.45) is 3.96. The Labute approximate surface area is 125 Å². The SMILES string of the molecule is Cc1cccc2sc(NCCC3CCN(C)CC3)nc12. The van der Waals surface area contributed by atoms with Crippen molar-refractivity contribution in [2.45, 2.75) is 26.2 Å². The number of nitrogens with zero attached hydrogens (tertiary/aromatic N) is 2. The highest BCUT2D eigenvalue weighted by molar-refractivity contribution is 7.22. The van der Waals surface area contributed by atoms with Gasteiger partial charge in [-0.3, -0.25) is 0 Å². The molecule has 0 radical (unpaired) electrons. The zero-order chi connectivity index (χ0) is 13.9. The van der Waals surface area contributed by atoms with Crippen molar-refractivity contribution in [1.82, 2.24) is 9.88 Å². The maximum atomic E-state index is 4.71. The van der Waals surface area contributed by atoms with Crippen molar-refractivity contribution in [3.05, 3.63) is 23.8 Å². The largest absolute Gasteiger partial charge is 0.361 e. The number of likely N-dealkylation sites (tertiary alicyclic amines) is 1. The molecule has 4 heteroatoms. The second kappa shape index (κ2) is 6.10. The third-order valence-corrected chi connectivity index (χ3v) is 5.27. The Balaban J connectivity index is 1.53. The summed E-state index contributed by atoms with van der Waals surface area (Å²) < 4.78 is 1.28. The zero-order valence-corrected chi connectivity index (χ0v) is 13.2. The number of aromatic nitrogens is 1. The lowest BCUT2D eigenvalue weighted by atomic mass is 9.94. The standard InChI is InChI=1S/C16H23N3S/c1-12-4-3-5-14-15(12)18-16(20-14)17-9-6-13-7-10-19(2)11-8-13/h3-5,13H,6-11H2,1-2H3,(H,17,18). The first-order valence-electron chi connectivity index (χ1n) is 7.51. The minimum Gasteiger partial charge on any atom is -0.361 e. The topological polar surface area (TPSA) is 28.2 Å². The quantitative estimate of drug-likeness (QED) is 0.929. The van der Waals surface area contributed by atoms with Crippen LogP contribution in [0.5, 0.6) is 0 Å². The third kappa shape index (κ3) is 3.13. The normalized spacial score (nSPS) is 17.7. The summed E-state index contributed by atoms with van der Waals surface area (Å²) in [7, 11) is 2.22. The number of anilines is 1. The molecule has 108 valence electrons. The maximum Gasteiger partial charge on any atom is 0.183 e. The van der Waals surface area contributed by atoms with Crippen molar-refractivity contribution in [1.29, 1.82) is 0 Å². The van der Waals surface area contributed by atoms with E-state index in [1.165, 1.54) is 42.6 Å². The number of rotatable bonds is 4. The molecule has 0 saturated carbocycles. The van der Waals surface area contributed by atoms with Gasteiger partial charge in [0, 0.05) is 6.54 Å². The van der Waals surface area contributed by atoms with Gasteiger partial charge >= 0.3 is 0 Å². The summed E-state index contributed by atoms with van der Waals surface area (Å²) in [5, 5.41) is 4.59. The molecule has 1 N–H and O–H groups in total. The highest BCUT2D eigenvalue weighted by Crippen LogP contribution is 2.28. The third-order valence-electron chi connectivity index (χ3n) is 4.29. The van der Waals surface area contributed by atoms with Gasteiger partial charge in [-0.05, 0) is 63.9 Å². The molecule has 3 nitrogen and oxygen atoms in total. The van der Waals surface area contributed by atoms with Crippen LogP contribution in [-0.4, -0.2) is 36.6 Å². The van der Waals surface area contributed by atoms with Crippen molar-refractivity contribution in [2.75, 3.05) is 32.0 Å². The fraction of sp³-hybridized carbons (Fsp3) is 0.562. The summed E-state index contributed by atoms with van der Waals surface area (Å²) >= 11 is 1.77. The van der Waals surface area contributed by atoms with Crippen molar-refractivity contribution in [3.63, 3.8) is 0 Å². The number of fused-ring (bicyclic) bond motifs is 1. The zero-order valence-electron chi connectivity index (χ0n) is 12.4. The van der Waals surface area contributed by atoms with Gasteiger partial charge in [-0.25, -0.2) is 4.98 Å². The van der Waals surface area contributed by atoms with Gasteiger partial charge < -0.3 is 10.2 Å². The molecule has 0 unspecified atom stereocenters. The summed E-state index contributed by atoms with van der Waals surface area (Å²) in [5.74, 6) is 0.884. The fourth-order valence-corrected chi connectivity index (χ4v) is 3.87. The molecule has 20 heavy (non-hydrogen) atoms. The Hall–Kier alpha value is -1.13. The predicted octanol–water partition coefficient (Wildman–Crippen LogP) is 3.75. The molecular weight excluding hydrogens is 266 g/mol. The van der Waals surface area contributed by atoms with E-state index in [1.807, 2.05) is 0 Å². The lowest BCUT2D eigenvalue weighted by molar-refractivity contribution is 0.215. The van der Waals surface area contributed by atoms with Gasteiger partial charge in [-0.15, -0.1) is 0 Å². The summed E-state index contributed by atoms with van der Waals surface area (Å²) in [6, 6.07) is 6.39. The molecule has 2 aromatic rings. The van der Waals surface area contributed by atoms with E-state index in [0.29, 0.717) is 0 Å². The second-order valence-electron chi connectivity index (χ2n) is 5.90. The average Bonchev–Trinajstić information content (AvgIpc) is 2.85. The van der Waals surface area contributed by atoms with Crippen LogP contribution in [0, 0.1) is 12.8 Å². The Bertz CT molecular complexity index is 570. The van der Waals surface area contributed by atoms with Crippen LogP contribution in [0.15, 0.2) is 18.2 Å². The van der Waals surface area contributed by atoms with Crippen LogP contribution in [0.3, 0.4) is 0 Å². The number of thiazole rings is 1. The van der Waals surface area contributed by atoms with Gasteiger partial charge in [-0.2, -0.15) is 0 Å². The van der Waals surface area contributed by atoms with Gasteiger partial charge in [-0.1, -0.05) is 23.5 Å². The first-order chi connectivity index (χ1) is 9.72. The Morgan fingerprint density at radius 2 is 2.15 bits per heavy atom. The van der Waals surface area contributed by atoms with E-state index in [4.69, 9.17) is 4.98 Å². The minimum absolute atomic E-state index is 0.884. The first-order valence-corrected chi connectivity index (χ1v) is 8.32. The summed E-state index contributed by atoms with van der Waals surface area (Å²) in [4.78, 5) is 7.14. The lowest BCUT2D eigenvalue weighted by Gasteiger charge is -2.28. The van der Waals surface area contributed by atoms with E-state index >= 15 is 0 Å². The predicted molar refractivity (Wildman–Crippen MR) is 87.7 cm³/mol. The van der Waals surface area contributed by atoms with Gasteiger partial charge in [0.25, 0.3) is 0 Å². The van der Waals surface area contributed by atoms with E-state index < -0.39 is 0 Å². The van der Waals surface area contributed by atoms with Crippen molar-refractivity contribution < 1.29 is 0 Å². The van der Waals surface area contributed by atoms with Gasteiger partial charge in [0.05, 0.1) is 10.2 Å². The second-order valence-corrected chi connectivity index (χ2v) is 6.93. The average molecular weight is 289 g/mol.